The highest BCUT2D eigenvalue weighted by Gasteiger charge is 2.33. The van der Waals surface area contributed by atoms with Crippen molar-refractivity contribution in [3.8, 4) is 0 Å². The Labute approximate surface area is 119 Å². The first-order valence-electron chi connectivity index (χ1n) is 7.09. The molecular formula is C15H23F3N2. The molecule has 0 aliphatic rings. The van der Waals surface area contributed by atoms with Gasteiger partial charge in [0.1, 0.15) is 0 Å². The van der Waals surface area contributed by atoms with Crippen molar-refractivity contribution < 1.29 is 13.2 Å². The third kappa shape index (κ3) is 4.40. The van der Waals surface area contributed by atoms with Gasteiger partial charge >= 0.3 is 6.18 Å². The summed E-state index contributed by atoms with van der Waals surface area (Å²) in [5, 5.41) is 3.03. The van der Waals surface area contributed by atoms with Gasteiger partial charge in [-0.3, -0.25) is 0 Å². The molecule has 0 aliphatic carbocycles. The maximum atomic E-state index is 13.2. The molecule has 0 amide bonds. The average Bonchev–Trinajstić information content (AvgIpc) is 2.40. The summed E-state index contributed by atoms with van der Waals surface area (Å²) in [5.74, 6) is 0. The van der Waals surface area contributed by atoms with Crippen molar-refractivity contribution in [1.29, 1.82) is 0 Å². The van der Waals surface area contributed by atoms with E-state index < -0.39 is 11.7 Å². The largest absolute Gasteiger partial charge is 0.416 e. The third-order valence-electron chi connectivity index (χ3n) is 3.27. The summed E-state index contributed by atoms with van der Waals surface area (Å²) in [5.41, 5.74) is 0.397. The van der Waals surface area contributed by atoms with Crippen molar-refractivity contribution in [2.45, 2.75) is 39.9 Å². The van der Waals surface area contributed by atoms with Crippen molar-refractivity contribution in [3.63, 3.8) is 0 Å². The van der Waals surface area contributed by atoms with Gasteiger partial charge in [-0.25, -0.2) is 0 Å². The van der Waals surface area contributed by atoms with Gasteiger partial charge in [-0.2, -0.15) is 13.2 Å². The average molecular weight is 288 g/mol. The van der Waals surface area contributed by atoms with E-state index in [0.717, 1.165) is 13.0 Å². The minimum absolute atomic E-state index is 0.251. The van der Waals surface area contributed by atoms with Crippen LogP contribution in [-0.4, -0.2) is 19.6 Å². The molecule has 114 valence electrons. The smallest absolute Gasteiger partial charge is 0.372 e. The van der Waals surface area contributed by atoms with Gasteiger partial charge in [0.2, 0.25) is 0 Å². The maximum absolute atomic E-state index is 13.2. The number of halogens is 3. The number of nitrogens with zero attached hydrogens (tertiary/aromatic N) is 1. The number of anilines is 1. The van der Waals surface area contributed by atoms with Gasteiger partial charge in [0.25, 0.3) is 0 Å². The molecule has 0 radical (unpaired) electrons. The van der Waals surface area contributed by atoms with Crippen LogP contribution >= 0.6 is 0 Å². The minimum atomic E-state index is -4.31. The highest BCUT2D eigenvalue weighted by molar-refractivity contribution is 5.51. The highest BCUT2D eigenvalue weighted by atomic mass is 19.4. The van der Waals surface area contributed by atoms with Crippen LogP contribution in [0.5, 0.6) is 0 Å². The molecule has 0 saturated carbocycles. The van der Waals surface area contributed by atoms with Crippen LogP contribution in [0.2, 0.25) is 0 Å². The SMILES string of the molecule is CCCNCc1ccc(N(CC)CC)cc1C(F)(F)F. The zero-order valence-electron chi connectivity index (χ0n) is 12.3. The van der Waals surface area contributed by atoms with Crippen molar-refractivity contribution in [1.82, 2.24) is 5.32 Å². The molecule has 0 saturated heterocycles. The van der Waals surface area contributed by atoms with E-state index in [4.69, 9.17) is 0 Å². The van der Waals surface area contributed by atoms with Gasteiger partial charge in [-0.05, 0) is 44.5 Å². The van der Waals surface area contributed by atoms with E-state index in [1.54, 1.807) is 12.1 Å². The second-order valence-electron chi connectivity index (χ2n) is 4.69. The summed E-state index contributed by atoms with van der Waals surface area (Å²) in [6.07, 6.45) is -3.41. The van der Waals surface area contributed by atoms with Crippen molar-refractivity contribution in [2.24, 2.45) is 0 Å². The lowest BCUT2D eigenvalue weighted by atomic mass is 10.1. The molecule has 0 bridgehead atoms. The molecule has 0 atom stereocenters. The van der Waals surface area contributed by atoms with Crippen LogP contribution in [0.1, 0.15) is 38.3 Å². The zero-order chi connectivity index (χ0) is 15.2. The van der Waals surface area contributed by atoms with Gasteiger partial charge < -0.3 is 10.2 Å². The first kappa shape index (κ1) is 16.8. The van der Waals surface area contributed by atoms with Gasteiger partial charge in [-0.15, -0.1) is 0 Å². The fourth-order valence-electron chi connectivity index (χ4n) is 2.17. The van der Waals surface area contributed by atoms with Crippen LogP contribution in [0.3, 0.4) is 0 Å². The quantitative estimate of drug-likeness (QED) is 0.761. The lowest BCUT2D eigenvalue weighted by Crippen LogP contribution is -2.23. The molecule has 0 aromatic heterocycles. The topological polar surface area (TPSA) is 15.3 Å². The summed E-state index contributed by atoms with van der Waals surface area (Å²) in [4.78, 5) is 1.92. The molecule has 0 heterocycles. The van der Waals surface area contributed by atoms with Crippen LogP contribution in [0.25, 0.3) is 0 Å². The van der Waals surface area contributed by atoms with Gasteiger partial charge in [0, 0.05) is 25.3 Å². The zero-order valence-corrected chi connectivity index (χ0v) is 12.3. The second-order valence-corrected chi connectivity index (χ2v) is 4.69. The second kappa shape index (κ2) is 7.53. The molecule has 1 aromatic carbocycles. The summed E-state index contributed by atoms with van der Waals surface area (Å²) in [6, 6.07) is 4.61. The first-order valence-corrected chi connectivity index (χ1v) is 7.09. The highest BCUT2D eigenvalue weighted by Crippen LogP contribution is 2.34. The lowest BCUT2D eigenvalue weighted by molar-refractivity contribution is -0.138. The molecule has 1 aromatic rings. The predicted molar refractivity (Wildman–Crippen MR) is 77.0 cm³/mol. The Kier molecular flexibility index (Phi) is 6.33. The monoisotopic (exact) mass is 288 g/mol. The summed E-state index contributed by atoms with van der Waals surface area (Å²) >= 11 is 0. The molecule has 20 heavy (non-hydrogen) atoms. The normalized spacial score (nSPS) is 11.7. The Morgan fingerprint density at radius 3 is 2.25 bits per heavy atom. The van der Waals surface area contributed by atoms with E-state index >= 15 is 0 Å². The van der Waals surface area contributed by atoms with Crippen LogP contribution < -0.4 is 10.2 Å². The molecular weight excluding hydrogens is 265 g/mol. The first-order chi connectivity index (χ1) is 9.43. The van der Waals surface area contributed by atoms with E-state index in [1.165, 1.54) is 6.07 Å². The fourth-order valence-corrected chi connectivity index (χ4v) is 2.17. The Bertz CT molecular complexity index is 412. The van der Waals surface area contributed by atoms with Gasteiger partial charge in [0.05, 0.1) is 5.56 Å². The molecule has 0 aliphatic heterocycles. The number of benzene rings is 1. The van der Waals surface area contributed by atoms with E-state index in [2.05, 4.69) is 5.32 Å². The fraction of sp³-hybridized carbons (Fsp3) is 0.600. The molecule has 0 fully saturated rings. The Balaban J connectivity index is 3.07. The molecule has 0 spiro atoms. The van der Waals surface area contributed by atoms with E-state index in [9.17, 15) is 13.2 Å². The molecule has 0 unspecified atom stereocenters. The van der Waals surface area contributed by atoms with E-state index in [0.29, 0.717) is 24.3 Å². The third-order valence-corrected chi connectivity index (χ3v) is 3.27. The molecule has 5 heteroatoms. The van der Waals surface area contributed by atoms with Crippen LogP contribution in [-0.2, 0) is 12.7 Å². The minimum Gasteiger partial charge on any atom is -0.372 e. The van der Waals surface area contributed by atoms with Crippen molar-refractivity contribution in [3.05, 3.63) is 29.3 Å². The predicted octanol–water partition coefficient (Wildman–Crippen LogP) is 4.05. The van der Waals surface area contributed by atoms with Crippen LogP contribution in [0.4, 0.5) is 18.9 Å². The summed E-state index contributed by atoms with van der Waals surface area (Å²) in [7, 11) is 0. The van der Waals surface area contributed by atoms with Crippen molar-refractivity contribution >= 4 is 5.69 Å². The number of hydrogen-bond donors (Lipinski definition) is 1. The number of rotatable bonds is 7. The molecule has 1 N–H and O–H groups in total. The van der Waals surface area contributed by atoms with E-state index in [1.807, 2.05) is 25.7 Å². The number of nitrogens with one attached hydrogen (secondary N) is 1. The Morgan fingerprint density at radius 2 is 1.75 bits per heavy atom. The lowest BCUT2D eigenvalue weighted by Gasteiger charge is -2.23. The molecule has 2 nitrogen and oxygen atoms in total. The number of hydrogen-bond acceptors (Lipinski definition) is 2. The van der Waals surface area contributed by atoms with Crippen LogP contribution in [0.15, 0.2) is 18.2 Å². The van der Waals surface area contributed by atoms with Crippen LogP contribution in [0, 0.1) is 0 Å². The Hall–Kier alpha value is -1.23. The van der Waals surface area contributed by atoms with Gasteiger partial charge in [-0.1, -0.05) is 13.0 Å². The molecule has 1 rings (SSSR count). The van der Waals surface area contributed by atoms with Gasteiger partial charge in [0.15, 0.2) is 0 Å². The van der Waals surface area contributed by atoms with Crippen molar-refractivity contribution in [2.75, 3.05) is 24.5 Å². The maximum Gasteiger partial charge on any atom is 0.416 e. The Morgan fingerprint density at radius 1 is 1.10 bits per heavy atom. The summed E-state index contributed by atoms with van der Waals surface area (Å²) < 4.78 is 39.5. The van der Waals surface area contributed by atoms with E-state index in [-0.39, 0.29) is 6.54 Å². The standard InChI is InChI=1S/C15H23F3N2/c1-4-9-19-11-12-7-8-13(20(5-2)6-3)10-14(12)15(16,17)18/h7-8,10,19H,4-6,9,11H2,1-3H3. The summed E-state index contributed by atoms with van der Waals surface area (Å²) in [6.45, 7) is 8.22. The number of alkyl halides is 3.